The van der Waals surface area contributed by atoms with Gasteiger partial charge in [-0.1, -0.05) is 11.6 Å². The first kappa shape index (κ1) is 21.0. The molecule has 0 unspecified atom stereocenters. The molecule has 0 spiro atoms. The summed E-state index contributed by atoms with van der Waals surface area (Å²) in [5.74, 6) is 2.16. The van der Waals surface area contributed by atoms with Gasteiger partial charge in [0.05, 0.1) is 23.2 Å². The van der Waals surface area contributed by atoms with Gasteiger partial charge in [0.25, 0.3) is 0 Å². The lowest BCUT2D eigenvalue weighted by Gasteiger charge is -2.16. The summed E-state index contributed by atoms with van der Waals surface area (Å²) in [7, 11) is 0. The van der Waals surface area contributed by atoms with Crippen LogP contribution in [0, 0.1) is 17.2 Å². The molecule has 1 atom stereocenters. The molecule has 1 fully saturated rings. The summed E-state index contributed by atoms with van der Waals surface area (Å²) in [4.78, 5) is 23.9. The van der Waals surface area contributed by atoms with Crippen LogP contribution in [-0.4, -0.2) is 47.6 Å². The fourth-order valence-corrected chi connectivity index (χ4v) is 4.14. The van der Waals surface area contributed by atoms with Gasteiger partial charge in [-0.2, -0.15) is 10.4 Å². The Kier molecular flexibility index (Phi) is 5.20. The lowest BCUT2D eigenvalue weighted by molar-refractivity contribution is 0.482. The smallest absolute Gasteiger partial charge is 0.226 e. The van der Waals surface area contributed by atoms with Crippen molar-refractivity contribution < 1.29 is 4.74 Å². The summed E-state index contributed by atoms with van der Waals surface area (Å²) in [5, 5.41) is 17.0. The third kappa shape index (κ3) is 4.11. The van der Waals surface area contributed by atoms with E-state index in [0.717, 1.165) is 13.0 Å². The maximum atomic E-state index is 9.19. The maximum Gasteiger partial charge on any atom is 0.226 e. The fraction of sp³-hybridized carbons (Fsp3) is 0.174. The second-order valence-electron chi connectivity index (χ2n) is 7.98. The highest BCUT2D eigenvalue weighted by Gasteiger charge is 2.24. The van der Waals surface area contributed by atoms with Gasteiger partial charge in [0.1, 0.15) is 35.2 Å². The molecule has 4 aromatic heterocycles. The van der Waals surface area contributed by atoms with Crippen molar-refractivity contribution in [2.75, 3.05) is 23.3 Å². The molecule has 1 aliphatic rings. The van der Waals surface area contributed by atoms with Gasteiger partial charge in [0.2, 0.25) is 5.95 Å². The average molecular weight is 485 g/mol. The number of nitriles is 1. The minimum Gasteiger partial charge on any atom is -0.456 e. The molecule has 11 nitrogen and oxygen atoms in total. The van der Waals surface area contributed by atoms with E-state index in [2.05, 4.69) is 41.4 Å². The predicted molar refractivity (Wildman–Crippen MR) is 129 cm³/mol. The van der Waals surface area contributed by atoms with Crippen LogP contribution in [0.1, 0.15) is 6.42 Å². The first-order valence-electron chi connectivity index (χ1n) is 10.8. The van der Waals surface area contributed by atoms with Crippen molar-refractivity contribution >= 4 is 45.7 Å². The molecule has 0 saturated carbocycles. The minimum atomic E-state index is -0.0138. The van der Waals surface area contributed by atoms with Crippen molar-refractivity contribution in [3.05, 3.63) is 60.4 Å². The summed E-state index contributed by atoms with van der Waals surface area (Å²) in [6, 6.07) is 11.2. The van der Waals surface area contributed by atoms with Crippen LogP contribution in [0.2, 0.25) is 5.02 Å². The van der Waals surface area contributed by atoms with Gasteiger partial charge in [-0.3, -0.25) is 0 Å². The third-order valence-corrected chi connectivity index (χ3v) is 5.99. The van der Waals surface area contributed by atoms with Gasteiger partial charge in [-0.05, 0) is 30.7 Å². The summed E-state index contributed by atoms with van der Waals surface area (Å²) < 4.78 is 7.58. The standard InChI is InChI=1S/C23H17ClN10O/c24-17-7-15(1-2-19(17)35-16-4-6-34-20(8-16)28-13-30-34)31-22-21-18(27-12-29-22)10-26-23(32-21)33-5-3-14(9-25)11-33/h1-2,4,6-8,10,12-14H,3,5,11H2,(H,27,29,31)/t14-/m0/s1. The third-order valence-electron chi connectivity index (χ3n) is 5.69. The molecule has 5 aromatic rings. The number of ether oxygens (including phenoxy) is 1. The number of halogens is 1. The molecule has 12 heteroatoms. The van der Waals surface area contributed by atoms with Gasteiger partial charge in [-0.15, -0.1) is 0 Å². The van der Waals surface area contributed by atoms with Crippen molar-refractivity contribution in [2.45, 2.75) is 6.42 Å². The first-order chi connectivity index (χ1) is 17.2. The molecule has 0 radical (unpaired) electrons. The molecule has 172 valence electrons. The zero-order valence-electron chi connectivity index (χ0n) is 18.2. The minimum absolute atomic E-state index is 0.0138. The second-order valence-corrected chi connectivity index (χ2v) is 8.39. The van der Waals surface area contributed by atoms with Gasteiger partial charge in [0, 0.05) is 31.0 Å². The zero-order chi connectivity index (χ0) is 23.8. The largest absolute Gasteiger partial charge is 0.456 e. The van der Waals surface area contributed by atoms with E-state index in [9.17, 15) is 5.26 Å². The van der Waals surface area contributed by atoms with E-state index >= 15 is 0 Å². The highest BCUT2D eigenvalue weighted by molar-refractivity contribution is 6.32. The second kappa shape index (κ2) is 8.66. The molecule has 1 saturated heterocycles. The Balaban J connectivity index is 1.25. The zero-order valence-corrected chi connectivity index (χ0v) is 19.0. The van der Waals surface area contributed by atoms with Crippen LogP contribution in [-0.2, 0) is 0 Å². The number of fused-ring (bicyclic) bond motifs is 2. The molecule has 5 heterocycles. The van der Waals surface area contributed by atoms with Crippen molar-refractivity contribution in [3.63, 3.8) is 0 Å². The summed E-state index contributed by atoms with van der Waals surface area (Å²) in [6.07, 6.45) is 7.16. The Morgan fingerprint density at radius 3 is 2.91 bits per heavy atom. The average Bonchev–Trinajstić information content (AvgIpc) is 3.55. The normalized spacial score (nSPS) is 15.4. The van der Waals surface area contributed by atoms with Crippen LogP contribution in [0.5, 0.6) is 11.5 Å². The molecular weight excluding hydrogens is 468 g/mol. The van der Waals surface area contributed by atoms with Gasteiger partial charge in [-0.25, -0.2) is 29.4 Å². The molecule has 1 N–H and O–H groups in total. The molecule has 0 aliphatic carbocycles. The Morgan fingerprint density at radius 1 is 1.11 bits per heavy atom. The Bertz CT molecular complexity index is 1600. The molecule has 0 amide bonds. The van der Waals surface area contributed by atoms with Gasteiger partial charge >= 0.3 is 0 Å². The number of rotatable bonds is 5. The lowest BCUT2D eigenvalue weighted by Crippen LogP contribution is -2.21. The lowest BCUT2D eigenvalue weighted by atomic mass is 10.1. The van der Waals surface area contributed by atoms with E-state index in [1.807, 2.05) is 11.0 Å². The molecule has 0 bridgehead atoms. The van der Waals surface area contributed by atoms with Crippen molar-refractivity contribution in [1.29, 1.82) is 5.26 Å². The van der Waals surface area contributed by atoms with Gasteiger partial charge in [0.15, 0.2) is 11.5 Å². The molecular formula is C23H17ClN10O. The number of hydrogen-bond donors (Lipinski definition) is 1. The monoisotopic (exact) mass is 484 g/mol. The Hall–Kier alpha value is -4.56. The fourth-order valence-electron chi connectivity index (χ4n) is 3.92. The van der Waals surface area contributed by atoms with Crippen molar-refractivity contribution in [2.24, 2.45) is 5.92 Å². The van der Waals surface area contributed by atoms with E-state index < -0.39 is 0 Å². The highest BCUT2D eigenvalue weighted by atomic mass is 35.5. The summed E-state index contributed by atoms with van der Waals surface area (Å²) in [5.41, 5.74) is 2.57. The number of aromatic nitrogens is 7. The van der Waals surface area contributed by atoms with Crippen LogP contribution in [0.25, 0.3) is 16.7 Å². The Morgan fingerprint density at radius 2 is 2.06 bits per heavy atom. The number of nitrogens with one attached hydrogen (secondary N) is 1. The summed E-state index contributed by atoms with van der Waals surface area (Å²) >= 11 is 6.51. The number of pyridine rings is 1. The number of anilines is 3. The van der Waals surface area contributed by atoms with Gasteiger partial charge < -0.3 is 15.0 Å². The van der Waals surface area contributed by atoms with Crippen LogP contribution >= 0.6 is 11.6 Å². The number of nitrogens with zero attached hydrogens (tertiary/aromatic N) is 9. The van der Waals surface area contributed by atoms with E-state index in [4.69, 9.17) is 16.3 Å². The van der Waals surface area contributed by atoms with Crippen molar-refractivity contribution in [1.82, 2.24) is 34.5 Å². The SMILES string of the molecule is N#C[C@@H]1CCN(c2ncc3ncnc(Nc4ccc(Oc5ccn6ncnc6c5)c(Cl)c4)c3n2)C1. The first-order valence-corrected chi connectivity index (χ1v) is 11.2. The molecule has 35 heavy (non-hydrogen) atoms. The van der Waals surface area contributed by atoms with Crippen LogP contribution in [0.15, 0.2) is 55.4 Å². The quantitative estimate of drug-likeness (QED) is 0.390. The topological polar surface area (TPSA) is 130 Å². The molecule has 6 rings (SSSR count). The molecule has 1 aromatic carbocycles. The van der Waals surface area contributed by atoms with Crippen LogP contribution in [0.4, 0.5) is 17.5 Å². The van der Waals surface area contributed by atoms with Crippen LogP contribution in [0.3, 0.4) is 0 Å². The highest BCUT2D eigenvalue weighted by Crippen LogP contribution is 2.33. The van der Waals surface area contributed by atoms with E-state index in [-0.39, 0.29) is 5.92 Å². The molecule has 1 aliphatic heterocycles. The summed E-state index contributed by atoms with van der Waals surface area (Å²) in [6.45, 7) is 1.35. The Labute approximate surface area is 204 Å². The van der Waals surface area contributed by atoms with E-state index in [1.54, 1.807) is 41.2 Å². The number of hydrogen-bond acceptors (Lipinski definition) is 10. The number of benzene rings is 1. The maximum absolute atomic E-state index is 9.19. The van der Waals surface area contributed by atoms with E-state index in [1.165, 1.54) is 12.7 Å². The van der Waals surface area contributed by atoms with Crippen molar-refractivity contribution in [3.8, 4) is 17.6 Å². The predicted octanol–water partition coefficient (Wildman–Crippen LogP) is 4.00. The van der Waals surface area contributed by atoms with Crippen LogP contribution < -0.4 is 15.0 Å². The van der Waals surface area contributed by atoms with E-state index in [0.29, 0.717) is 57.2 Å².